The summed E-state index contributed by atoms with van der Waals surface area (Å²) in [5.74, 6) is 0.794. The first kappa shape index (κ1) is 25.6. The minimum atomic E-state index is 0. The molecular formula is C24H33IN6O. The molecule has 0 radical (unpaired) electrons. The molecule has 1 aromatic carbocycles. The summed E-state index contributed by atoms with van der Waals surface area (Å²) in [6.45, 7) is 9.01. The molecule has 0 aliphatic heterocycles. The van der Waals surface area contributed by atoms with Gasteiger partial charge in [0.15, 0.2) is 5.96 Å². The summed E-state index contributed by atoms with van der Waals surface area (Å²) in [5, 5.41) is 11.3. The number of para-hydroxylation sites is 1. The highest BCUT2D eigenvalue weighted by Gasteiger charge is 2.08. The van der Waals surface area contributed by atoms with E-state index >= 15 is 0 Å². The molecular weight excluding hydrogens is 515 g/mol. The number of hydrogen-bond acceptors (Lipinski definition) is 3. The first-order chi connectivity index (χ1) is 15.1. The highest BCUT2D eigenvalue weighted by Crippen LogP contribution is 2.17. The summed E-state index contributed by atoms with van der Waals surface area (Å²) in [7, 11) is 0. The number of nitrogens with zero attached hydrogens (tertiary/aromatic N) is 4. The van der Waals surface area contributed by atoms with Crippen LogP contribution in [0, 0.1) is 13.8 Å². The molecule has 0 spiro atoms. The predicted octanol–water partition coefficient (Wildman–Crippen LogP) is 3.80. The number of benzene rings is 1. The second-order valence-corrected chi connectivity index (χ2v) is 7.53. The van der Waals surface area contributed by atoms with Crippen molar-refractivity contribution < 1.29 is 0 Å². The van der Waals surface area contributed by atoms with E-state index < -0.39 is 0 Å². The third-order valence-corrected chi connectivity index (χ3v) is 5.00. The molecule has 0 aliphatic carbocycles. The highest BCUT2D eigenvalue weighted by molar-refractivity contribution is 14.0. The van der Waals surface area contributed by atoms with E-state index in [9.17, 15) is 4.79 Å². The van der Waals surface area contributed by atoms with Crippen LogP contribution in [0.5, 0.6) is 0 Å². The summed E-state index contributed by atoms with van der Waals surface area (Å²) < 4.78 is 3.72. The number of hydrogen-bond donors (Lipinski definition) is 2. The van der Waals surface area contributed by atoms with Gasteiger partial charge in [-0.2, -0.15) is 5.10 Å². The van der Waals surface area contributed by atoms with E-state index in [1.165, 1.54) is 0 Å². The van der Waals surface area contributed by atoms with Gasteiger partial charge in [-0.25, -0.2) is 9.67 Å². The zero-order chi connectivity index (χ0) is 22.1. The molecule has 0 unspecified atom stereocenters. The van der Waals surface area contributed by atoms with Crippen LogP contribution in [0.3, 0.4) is 0 Å². The number of rotatable bonds is 9. The second kappa shape index (κ2) is 13.0. The summed E-state index contributed by atoms with van der Waals surface area (Å²) in [5.41, 5.74) is 4.34. The van der Waals surface area contributed by atoms with Gasteiger partial charge in [-0.1, -0.05) is 24.3 Å². The molecule has 0 saturated carbocycles. The van der Waals surface area contributed by atoms with Gasteiger partial charge >= 0.3 is 0 Å². The fraction of sp³-hybridized carbons (Fsp3) is 0.375. The van der Waals surface area contributed by atoms with Gasteiger partial charge in [-0.3, -0.25) is 4.79 Å². The third kappa shape index (κ3) is 7.22. The normalized spacial score (nSPS) is 11.2. The van der Waals surface area contributed by atoms with Crippen LogP contribution in [-0.4, -0.2) is 33.4 Å². The molecule has 2 N–H and O–H groups in total. The average molecular weight is 548 g/mol. The van der Waals surface area contributed by atoms with Crippen LogP contribution in [0.4, 0.5) is 0 Å². The monoisotopic (exact) mass is 548 g/mol. The van der Waals surface area contributed by atoms with Crippen molar-refractivity contribution in [2.75, 3.05) is 13.1 Å². The number of unbranched alkanes of at least 4 members (excludes halogenated alkanes) is 1. The highest BCUT2D eigenvalue weighted by atomic mass is 127. The van der Waals surface area contributed by atoms with Gasteiger partial charge in [0.25, 0.3) is 0 Å². The topological polar surface area (TPSA) is 76.2 Å². The number of halogens is 1. The maximum absolute atomic E-state index is 11.8. The van der Waals surface area contributed by atoms with Crippen molar-refractivity contribution in [3.05, 3.63) is 82.0 Å². The van der Waals surface area contributed by atoms with Crippen molar-refractivity contribution in [2.24, 2.45) is 4.99 Å². The van der Waals surface area contributed by atoms with Crippen LogP contribution >= 0.6 is 24.0 Å². The molecule has 172 valence electrons. The van der Waals surface area contributed by atoms with E-state index in [1.54, 1.807) is 16.7 Å². The van der Waals surface area contributed by atoms with Gasteiger partial charge in [-0.05, 0) is 57.4 Å². The van der Waals surface area contributed by atoms with Gasteiger partial charge in [0.2, 0.25) is 5.56 Å². The Kier molecular flexibility index (Phi) is 10.5. The number of pyridine rings is 1. The lowest BCUT2D eigenvalue weighted by atomic mass is 10.2. The van der Waals surface area contributed by atoms with Crippen LogP contribution in [0.15, 0.2) is 64.5 Å². The van der Waals surface area contributed by atoms with E-state index in [4.69, 9.17) is 4.99 Å². The van der Waals surface area contributed by atoms with Crippen molar-refractivity contribution in [1.29, 1.82) is 0 Å². The molecule has 0 aliphatic rings. The SMILES string of the molecule is CCNC(=NCc1ccccc1-n1nc(C)cc1C)NCCCCn1ccccc1=O.I. The quantitative estimate of drug-likeness (QED) is 0.185. The van der Waals surface area contributed by atoms with Crippen molar-refractivity contribution in [3.8, 4) is 5.69 Å². The largest absolute Gasteiger partial charge is 0.357 e. The Morgan fingerprint density at radius 2 is 1.84 bits per heavy atom. The van der Waals surface area contributed by atoms with Crippen molar-refractivity contribution in [1.82, 2.24) is 25.0 Å². The molecule has 3 aromatic rings. The van der Waals surface area contributed by atoms with Crippen LogP contribution < -0.4 is 16.2 Å². The lowest BCUT2D eigenvalue weighted by Crippen LogP contribution is -2.37. The molecule has 7 nitrogen and oxygen atoms in total. The number of aromatic nitrogens is 3. The van der Waals surface area contributed by atoms with E-state index in [0.29, 0.717) is 6.54 Å². The molecule has 0 amide bonds. The van der Waals surface area contributed by atoms with Crippen LogP contribution in [0.1, 0.15) is 36.7 Å². The molecule has 2 heterocycles. The van der Waals surface area contributed by atoms with E-state index in [2.05, 4.69) is 47.8 Å². The number of aryl methyl sites for hydroxylation is 3. The van der Waals surface area contributed by atoms with Gasteiger partial charge in [0, 0.05) is 37.6 Å². The van der Waals surface area contributed by atoms with Crippen LogP contribution in [0.25, 0.3) is 5.69 Å². The molecule has 3 rings (SSSR count). The fourth-order valence-electron chi connectivity index (χ4n) is 3.49. The molecule has 0 atom stereocenters. The van der Waals surface area contributed by atoms with Gasteiger partial charge < -0.3 is 15.2 Å². The maximum Gasteiger partial charge on any atom is 0.250 e. The first-order valence-corrected chi connectivity index (χ1v) is 10.9. The minimum absolute atomic E-state index is 0. The fourth-order valence-corrected chi connectivity index (χ4v) is 3.49. The lowest BCUT2D eigenvalue weighted by Gasteiger charge is -2.13. The predicted molar refractivity (Wildman–Crippen MR) is 141 cm³/mol. The van der Waals surface area contributed by atoms with Crippen molar-refractivity contribution >= 4 is 29.9 Å². The first-order valence-electron chi connectivity index (χ1n) is 10.9. The third-order valence-electron chi connectivity index (χ3n) is 5.00. The summed E-state index contributed by atoms with van der Waals surface area (Å²) in [4.78, 5) is 16.5. The zero-order valence-electron chi connectivity index (χ0n) is 19.0. The molecule has 0 saturated heterocycles. The van der Waals surface area contributed by atoms with Gasteiger partial charge in [-0.15, -0.1) is 24.0 Å². The average Bonchev–Trinajstić information content (AvgIpc) is 3.10. The Morgan fingerprint density at radius 3 is 2.56 bits per heavy atom. The van der Waals surface area contributed by atoms with Crippen LogP contribution in [0.2, 0.25) is 0 Å². The zero-order valence-corrected chi connectivity index (χ0v) is 21.4. The van der Waals surface area contributed by atoms with E-state index in [-0.39, 0.29) is 29.5 Å². The lowest BCUT2D eigenvalue weighted by molar-refractivity contribution is 0.585. The standard InChI is InChI=1S/C24H32N6O.HI/c1-4-25-24(26-14-8-10-16-29-15-9-7-13-23(29)31)27-18-21-11-5-6-12-22(21)30-20(3)17-19(2)28-30;/h5-7,9,11-13,15,17H,4,8,10,14,16,18H2,1-3H3,(H2,25,26,27);1H. The molecule has 32 heavy (non-hydrogen) atoms. The maximum atomic E-state index is 11.8. The summed E-state index contributed by atoms with van der Waals surface area (Å²) in [6, 6.07) is 15.6. The van der Waals surface area contributed by atoms with Crippen LogP contribution in [-0.2, 0) is 13.1 Å². The second-order valence-electron chi connectivity index (χ2n) is 7.53. The number of aliphatic imine (C=N–C) groups is 1. The molecule has 8 heteroatoms. The van der Waals surface area contributed by atoms with Crippen molar-refractivity contribution in [2.45, 2.75) is 46.7 Å². The molecule has 0 fully saturated rings. The van der Waals surface area contributed by atoms with Gasteiger partial charge in [0.05, 0.1) is 17.9 Å². The summed E-state index contributed by atoms with van der Waals surface area (Å²) >= 11 is 0. The summed E-state index contributed by atoms with van der Waals surface area (Å²) in [6.07, 6.45) is 3.72. The Morgan fingerprint density at radius 1 is 1.06 bits per heavy atom. The smallest absolute Gasteiger partial charge is 0.250 e. The minimum Gasteiger partial charge on any atom is -0.357 e. The number of guanidine groups is 1. The van der Waals surface area contributed by atoms with E-state index in [1.807, 2.05) is 36.0 Å². The molecule has 2 aromatic heterocycles. The van der Waals surface area contributed by atoms with Crippen molar-refractivity contribution in [3.63, 3.8) is 0 Å². The number of nitrogens with one attached hydrogen (secondary N) is 2. The Hall–Kier alpha value is -2.62. The van der Waals surface area contributed by atoms with E-state index in [0.717, 1.165) is 61.1 Å². The van der Waals surface area contributed by atoms with Gasteiger partial charge in [0.1, 0.15) is 0 Å². The Labute approximate surface area is 207 Å². The molecule has 0 bridgehead atoms. The Balaban J connectivity index is 0.00000363. The Bertz CT molecular complexity index is 1070.